The minimum absolute atomic E-state index is 0.332. The number of methoxy groups -OCH3 is 1. The van der Waals surface area contributed by atoms with Crippen LogP contribution in [0.5, 0.6) is 5.75 Å². The average molecular weight is 293 g/mol. The van der Waals surface area contributed by atoms with Crippen molar-refractivity contribution in [3.63, 3.8) is 0 Å². The molecule has 1 atom stereocenters. The Bertz CT molecular complexity index is 462. The molecule has 0 spiro atoms. The topological polar surface area (TPSA) is 56.8 Å². The third kappa shape index (κ3) is 6.31. The molecule has 5 heteroatoms. The van der Waals surface area contributed by atoms with Gasteiger partial charge in [-0.25, -0.2) is 4.79 Å². The van der Waals surface area contributed by atoms with Crippen molar-refractivity contribution in [1.82, 2.24) is 5.48 Å². The van der Waals surface area contributed by atoms with Gasteiger partial charge in [-0.2, -0.15) is 5.48 Å². The minimum atomic E-state index is -0.620. The van der Waals surface area contributed by atoms with Crippen molar-refractivity contribution in [3.8, 4) is 5.75 Å². The average Bonchev–Trinajstić information content (AvgIpc) is 2.42. The molecule has 0 radical (unpaired) electrons. The highest BCUT2D eigenvalue weighted by Crippen LogP contribution is 2.23. The molecular weight excluding hydrogens is 270 g/mol. The van der Waals surface area contributed by atoms with Crippen LogP contribution in [0.1, 0.15) is 38.9 Å². The van der Waals surface area contributed by atoms with Crippen LogP contribution in [-0.4, -0.2) is 18.8 Å². The molecule has 0 aliphatic rings. The number of hydroxylamine groups is 1. The van der Waals surface area contributed by atoms with Gasteiger partial charge in [-0.15, -0.1) is 6.58 Å². The Kier molecular flexibility index (Phi) is 6.24. The summed E-state index contributed by atoms with van der Waals surface area (Å²) in [4.78, 5) is 17.0. The van der Waals surface area contributed by atoms with E-state index in [9.17, 15) is 4.79 Å². The minimum Gasteiger partial charge on any atom is -0.497 e. The molecule has 1 aromatic carbocycles. The van der Waals surface area contributed by atoms with Crippen LogP contribution in [-0.2, 0) is 9.57 Å². The Labute approximate surface area is 125 Å². The maximum atomic E-state index is 11.6. The summed E-state index contributed by atoms with van der Waals surface area (Å²) < 4.78 is 10.2. The van der Waals surface area contributed by atoms with E-state index in [0.29, 0.717) is 6.42 Å². The first-order valence-electron chi connectivity index (χ1n) is 6.75. The van der Waals surface area contributed by atoms with E-state index in [1.807, 2.05) is 24.3 Å². The molecule has 1 aromatic rings. The van der Waals surface area contributed by atoms with Crippen LogP contribution in [0.15, 0.2) is 36.9 Å². The maximum Gasteiger partial charge on any atom is 0.431 e. The summed E-state index contributed by atoms with van der Waals surface area (Å²) in [6, 6.07) is 7.43. The smallest absolute Gasteiger partial charge is 0.431 e. The van der Waals surface area contributed by atoms with E-state index in [4.69, 9.17) is 14.3 Å². The van der Waals surface area contributed by atoms with Gasteiger partial charge < -0.3 is 9.47 Å². The van der Waals surface area contributed by atoms with Gasteiger partial charge in [0.1, 0.15) is 17.5 Å². The second kappa shape index (κ2) is 7.69. The van der Waals surface area contributed by atoms with Gasteiger partial charge in [-0.3, -0.25) is 4.84 Å². The highest BCUT2D eigenvalue weighted by atomic mass is 16.7. The fraction of sp³-hybridized carbons (Fsp3) is 0.438. The molecule has 0 saturated heterocycles. The Balaban J connectivity index is 2.64. The zero-order chi connectivity index (χ0) is 15.9. The van der Waals surface area contributed by atoms with Gasteiger partial charge in [-0.05, 0) is 44.9 Å². The first-order chi connectivity index (χ1) is 9.85. The van der Waals surface area contributed by atoms with Crippen LogP contribution in [0, 0.1) is 0 Å². The van der Waals surface area contributed by atoms with Crippen molar-refractivity contribution in [2.75, 3.05) is 7.11 Å². The predicted octanol–water partition coefficient (Wildman–Crippen LogP) is 3.77. The fourth-order valence-electron chi connectivity index (χ4n) is 1.64. The van der Waals surface area contributed by atoms with Crippen molar-refractivity contribution < 1.29 is 19.1 Å². The SMILES string of the molecule is C=CCC(ONC(=O)OC(C)(C)C)c1ccc(OC)cc1. The van der Waals surface area contributed by atoms with Crippen molar-refractivity contribution in [2.24, 2.45) is 0 Å². The van der Waals surface area contributed by atoms with Crippen LogP contribution in [0.3, 0.4) is 0 Å². The van der Waals surface area contributed by atoms with Crippen LogP contribution >= 0.6 is 0 Å². The molecule has 5 nitrogen and oxygen atoms in total. The van der Waals surface area contributed by atoms with Crippen molar-refractivity contribution >= 4 is 6.09 Å². The number of carbonyl (C=O) groups excluding carboxylic acids is 1. The van der Waals surface area contributed by atoms with Gasteiger partial charge in [-0.1, -0.05) is 18.2 Å². The number of amides is 1. The lowest BCUT2D eigenvalue weighted by Crippen LogP contribution is -2.33. The van der Waals surface area contributed by atoms with Crippen molar-refractivity contribution in [1.29, 1.82) is 0 Å². The molecule has 0 aromatic heterocycles. The zero-order valence-corrected chi connectivity index (χ0v) is 13.0. The molecule has 0 heterocycles. The summed E-state index contributed by atoms with van der Waals surface area (Å²) in [5.74, 6) is 0.760. The first-order valence-corrected chi connectivity index (χ1v) is 6.75. The standard InChI is InChI=1S/C16H23NO4/c1-6-7-14(12-8-10-13(19-5)11-9-12)21-17-15(18)20-16(2,3)4/h6,8-11,14H,1,7H2,2-5H3,(H,17,18). The molecule has 116 valence electrons. The summed E-state index contributed by atoms with van der Waals surface area (Å²) in [6.07, 6.45) is 1.33. The molecule has 1 rings (SSSR count). The summed E-state index contributed by atoms with van der Waals surface area (Å²) in [5, 5.41) is 0. The second-order valence-electron chi connectivity index (χ2n) is 5.51. The van der Waals surface area contributed by atoms with E-state index in [1.165, 1.54) is 0 Å². The van der Waals surface area contributed by atoms with Gasteiger partial charge in [0, 0.05) is 0 Å². The molecule has 0 aliphatic carbocycles. The summed E-state index contributed by atoms with van der Waals surface area (Å²) in [7, 11) is 1.61. The molecule has 1 N–H and O–H groups in total. The Morgan fingerprint density at radius 3 is 2.43 bits per heavy atom. The van der Waals surface area contributed by atoms with Gasteiger partial charge in [0.05, 0.1) is 7.11 Å². The third-order valence-electron chi connectivity index (χ3n) is 2.55. The van der Waals surface area contributed by atoms with E-state index in [0.717, 1.165) is 11.3 Å². The van der Waals surface area contributed by atoms with Gasteiger partial charge in [0.25, 0.3) is 0 Å². The van der Waals surface area contributed by atoms with E-state index in [-0.39, 0.29) is 6.10 Å². The lowest BCUT2D eigenvalue weighted by Gasteiger charge is -2.21. The second-order valence-corrected chi connectivity index (χ2v) is 5.51. The van der Waals surface area contributed by atoms with Crippen molar-refractivity contribution in [3.05, 3.63) is 42.5 Å². The maximum absolute atomic E-state index is 11.6. The fourth-order valence-corrected chi connectivity index (χ4v) is 1.64. The monoisotopic (exact) mass is 293 g/mol. The number of nitrogens with one attached hydrogen (secondary N) is 1. The Hall–Kier alpha value is -2.01. The number of rotatable bonds is 6. The molecule has 0 bridgehead atoms. The van der Waals surface area contributed by atoms with Crippen LogP contribution in [0.25, 0.3) is 0 Å². The molecule has 1 unspecified atom stereocenters. The molecule has 1 amide bonds. The largest absolute Gasteiger partial charge is 0.497 e. The Morgan fingerprint density at radius 2 is 1.95 bits per heavy atom. The molecule has 0 aliphatic heterocycles. The molecular formula is C16H23NO4. The first kappa shape index (κ1) is 17.0. The highest BCUT2D eigenvalue weighted by molar-refractivity contribution is 5.66. The lowest BCUT2D eigenvalue weighted by atomic mass is 10.1. The lowest BCUT2D eigenvalue weighted by molar-refractivity contribution is -0.0425. The van der Waals surface area contributed by atoms with E-state index in [1.54, 1.807) is 34.0 Å². The Morgan fingerprint density at radius 1 is 1.33 bits per heavy atom. The van der Waals surface area contributed by atoms with Crippen LogP contribution < -0.4 is 10.2 Å². The number of carbonyl (C=O) groups is 1. The van der Waals surface area contributed by atoms with Crippen LogP contribution in [0.2, 0.25) is 0 Å². The number of hydrogen-bond acceptors (Lipinski definition) is 4. The number of ether oxygens (including phenoxy) is 2. The quantitative estimate of drug-likeness (QED) is 0.641. The third-order valence-corrected chi connectivity index (χ3v) is 2.55. The van der Waals surface area contributed by atoms with E-state index >= 15 is 0 Å². The highest BCUT2D eigenvalue weighted by Gasteiger charge is 2.18. The van der Waals surface area contributed by atoms with Gasteiger partial charge in [0.2, 0.25) is 0 Å². The van der Waals surface area contributed by atoms with Gasteiger partial charge in [0.15, 0.2) is 0 Å². The number of benzene rings is 1. The normalized spacial score (nSPS) is 12.4. The van der Waals surface area contributed by atoms with Crippen LogP contribution in [0.4, 0.5) is 4.79 Å². The number of hydrogen-bond donors (Lipinski definition) is 1. The molecule has 0 saturated carbocycles. The summed E-state index contributed by atoms with van der Waals surface area (Å²) in [6.45, 7) is 9.06. The molecule has 21 heavy (non-hydrogen) atoms. The van der Waals surface area contributed by atoms with E-state index in [2.05, 4.69) is 12.1 Å². The zero-order valence-electron chi connectivity index (χ0n) is 13.0. The van der Waals surface area contributed by atoms with Crippen molar-refractivity contribution in [2.45, 2.75) is 38.9 Å². The predicted molar refractivity (Wildman–Crippen MR) is 81.0 cm³/mol. The summed E-state index contributed by atoms with van der Waals surface area (Å²) >= 11 is 0. The van der Waals surface area contributed by atoms with E-state index < -0.39 is 11.7 Å². The van der Waals surface area contributed by atoms with Gasteiger partial charge >= 0.3 is 6.09 Å². The molecule has 0 fully saturated rings. The summed E-state index contributed by atoms with van der Waals surface area (Å²) in [5.41, 5.74) is 2.65.